The van der Waals surface area contributed by atoms with Crippen LogP contribution in [0.1, 0.15) is 97.5 Å². The molecule has 0 aliphatic heterocycles. The summed E-state index contributed by atoms with van der Waals surface area (Å²) in [6, 6.07) is 12.6. The molecular formula is C34H50N2O4Si. The van der Waals surface area contributed by atoms with Crippen molar-refractivity contribution in [2.75, 3.05) is 5.32 Å². The number of aromatic nitrogens is 1. The zero-order chi connectivity index (χ0) is 31.0. The van der Waals surface area contributed by atoms with Crippen LogP contribution in [0.3, 0.4) is 0 Å². The van der Waals surface area contributed by atoms with Gasteiger partial charge in [-0.25, -0.2) is 0 Å². The minimum absolute atomic E-state index is 0.312. The summed E-state index contributed by atoms with van der Waals surface area (Å²) in [4.78, 5) is 24.5. The van der Waals surface area contributed by atoms with Gasteiger partial charge in [0, 0.05) is 17.6 Å². The number of carboxylic acids is 1. The van der Waals surface area contributed by atoms with Crippen molar-refractivity contribution < 1.29 is 19.1 Å². The van der Waals surface area contributed by atoms with Crippen molar-refractivity contribution >= 4 is 36.8 Å². The van der Waals surface area contributed by atoms with Crippen molar-refractivity contribution in [3.05, 3.63) is 58.8 Å². The standard InChI is InChI=1S/C34H50N2O4Si/c1-20(2)27-18-26(14-16-30(27)40-41(21(3)4,22(5)6)23(7)8)19-36-25(10)17-28-29(15-13-24(9)31(28)36)35-32(37)34(11,12)33(38)39/h13-18,20-23H,19H2,1-12H3,(H,35,37)(H,38,39). The van der Waals surface area contributed by atoms with Crippen molar-refractivity contribution in [1.82, 2.24) is 4.57 Å². The van der Waals surface area contributed by atoms with Crippen LogP contribution in [0, 0.1) is 19.3 Å². The molecule has 0 aliphatic carbocycles. The molecule has 0 atom stereocenters. The van der Waals surface area contributed by atoms with Gasteiger partial charge < -0.3 is 19.4 Å². The van der Waals surface area contributed by atoms with Crippen molar-refractivity contribution in [2.45, 2.75) is 112 Å². The molecule has 0 saturated heterocycles. The molecule has 0 radical (unpaired) electrons. The minimum atomic E-state index is -2.10. The number of carbonyl (C=O) groups is 2. The van der Waals surface area contributed by atoms with Crippen molar-refractivity contribution in [3.8, 4) is 5.75 Å². The smallest absolute Gasteiger partial charge is 0.318 e. The number of aryl methyl sites for hydroxylation is 2. The molecule has 1 heterocycles. The first-order valence-electron chi connectivity index (χ1n) is 14.9. The van der Waals surface area contributed by atoms with Crippen LogP contribution >= 0.6 is 0 Å². The Balaban J connectivity index is 2.05. The van der Waals surface area contributed by atoms with Crippen molar-refractivity contribution in [3.63, 3.8) is 0 Å². The molecule has 3 aromatic rings. The van der Waals surface area contributed by atoms with Crippen molar-refractivity contribution in [1.29, 1.82) is 0 Å². The molecule has 6 nitrogen and oxygen atoms in total. The second-order valence-electron chi connectivity index (χ2n) is 13.4. The first-order valence-corrected chi connectivity index (χ1v) is 17.0. The van der Waals surface area contributed by atoms with Crippen LogP contribution in [0.4, 0.5) is 5.69 Å². The Bertz CT molecular complexity index is 1410. The number of benzene rings is 2. The molecule has 3 rings (SSSR count). The predicted octanol–water partition coefficient (Wildman–Crippen LogP) is 9.03. The maximum atomic E-state index is 12.8. The van der Waals surface area contributed by atoms with E-state index in [4.69, 9.17) is 4.43 Å². The van der Waals surface area contributed by atoms with Crippen LogP contribution in [0.5, 0.6) is 5.75 Å². The predicted molar refractivity (Wildman–Crippen MR) is 173 cm³/mol. The van der Waals surface area contributed by atoms with Gasteiger partial charge in [-0.1, -0.05) is 73.6 Å². The number of hydrogen-bond donors (Lipinski definition) is 2. The number of anilines is 1. The van der Waals surface area contributed by atoms with Gasteiger partial charge in [-0.2, -0.15) is 0 Å². The molecule has 0 saturated carbocycles. The number of aliphatic carboxylic acids is 1. The summed E-state index contributed by atoms with van der Waals surface area (Å²) in [5.41, 5.74) is 6.19. The van der Waals surface area contributed by atoms with E-state index in [0.29, 0.717) is 34.8 Å². The lowest BCUT2D eigenvalue weighted by Gasteiger charge is -2.43. The lowest BCUT2D eigenvalue weighted by molar-refractivity contribution is -0.151. The number of rotatable bonds is 11. The fourth-order valence-corrected chi connectivity index (χ4v) is 11.6. The molecule has 0 unspecified atom stereocenters. The molecule has 0 spiro atoms. The Morgan fingerprint density at radius 3 is 2.02 bits per heavy atom. The summed E-state index contributed by atoms with van der Waals surface area (Å²) in [5, 5.41) is 13.3. The number of fused-ring (bicyclic) bond motifs is 1. The fourth-order valence-electron chi connectivity index (χ4n) is 6.34. The summed E-state index contributed by atoms with van der Waals surface area (Å²) in [7, 11) is -2.10. The Morgan fingerprint density at radius 1 is 0.927 bits per heavy atom. The summed E-state index contributed by atoms with van der Waals surface area (Å²) in [5.74, 6) is -0.369. The molecule has 0 aliphatic rings. The molecule has 0 fully saturated rings. The van der Waals surface area contributed by atoms with Crippen LogP contribution in [0.25, 0.3) is 10.9 Å². The quantitative estimate of drug-likeness (QED) is 0.176. The van der Waals surface area contributed by atoms with E-state index in [1.807, 2.05) is 12.1 Å². The second kappa shape index (κ2) is 12.0. The molecule has 224 valence electrons. The maximum absolute atomic E-state index is 12.8. The van der Waals surface area contributed by atoms with Gasteiger partial charge in [0.15, 0.2) is 0 Å². The summed E-state index contributed by atoms with van der Waals surface area (Å²) in [6.45, 7) is 26.0. The number of nitrogens with zero attached hydrogens (tertiary/aromatic N) is 1. The second-order valence-corrected chi connectivity index (χ2v) is 18.8. The summed E-state index contributed by atoms with van der Waals surface area (Å²) in [6.07, 6.45) is 0. The highest BCUT2D eigenvalue weighted by Gasteiger charge is 2.47. The third-order valence-electron chi connectivity index (χ3n) is 8.85. The van der Waals surface area contributed by atoms with Gasteiger partial charge in [-0.15, -0.1) is 0 Å². The first kappa shape index (κ1) is 32.5. The van der Waals surface area contributed by atoms with Crippen molar-refractivity contribution in [2.24, 2.45) is 5.41 Å². The van der Waals surface area contributed by atoms with E-state index in [9.17, 15) is 14.7 Å². The molecule has 1 amide bonds. The SMILES string of the molecule is Cc1ccc(NC(=O)C(C)(C)C(=O)O)c2cc(C)n(Cc3ccc(O[Si](C(C)C)(C(C)C)C(C)C)c(C(C)C)c3)c12. The molecule has 2 aromatic carbocycles. The number of carboxylic acid groups (broad SMARTS) is 1. The number of nitrogens with one attached hydrogen (secondary N) is 1. The van der Waals surface area contributed by atoms with Gasteiger partial charge in [-0.3, -0.25) is 9.59 Å². The highest BCUT2D eigenvalue weighted by Crippen LogP contribution is 2.44. The van der Waals surface area contributed by atoms with E-state index in [1.54, 1.807) is 0 Å². The topological polar surface area (TPSA) is 80.6 Å². The van der Waals surface area contributed by atoms with E-state index < -0.39 is 25.6 Å². The molecule has 0 bridgehead atoms. The number of amides is 1. The highest BCUT2D eigenvalue weighted by molar-refractivity contribution is 6.78. The molecule has 41 heavy (non-hydrogen) atoms. The molecule has 2 N–H and O–H groups in total. The van der Waals surface area contributed by atoms with E-state index in [-0.39, 0.29) is 0 Å². The highest BCUT2D eigenvalue weighted by atomic mass is 28.4. The van der Waals surface area contributed by atoms with Gasteiger partial charge in [0.05, 0.1) is 11.2 Å². The Morgan fingerprint density at radius 2 is 1.51 bits per heavy atom. The van der Waals surface area contributed by atoms with E-state index >= 15 is 0 Å². The number of hydrogen-bond acceptors (Lipinski definition) is 3. The molecule has 7 heteroatoms. The lowest BCUT2D eigenvalue weighted by Crippen LogP contribution is -2.50. The monoisotopic (exact) mass is 578 g/mol. The van der Waals surface area contributed by atoms with Gasteiger partial charge >= 0.3 is 5.97 Å². The zero-order valence-electron chi connectivity index (χ0n) is 27.1. The van der Waals surface area contributed by atoms with E-state index in [1.165, 1.54) is 25.0 Å². The Kier molecular flexibility index (Phi) is 9.53. The van der Waals surface area contributed by atoms with Crippen LogP contribution in [0.15, 0.2) is 36.4 Å². The van der Waals surface area contributed by atoms with Gasteiger partial charge in [-0.05, 0) is 85.1 Å². The lowest BCUT2D eigenvalue weighted by atomic mass is 9.92. The van der Waals surface area contributed by atoms with Gasteiger partial charge in [0.1, 0.15) is 11.2 Å². The normalized spacial score (nSPS) is 12.7. The van der Waals surface area contributed by atoms with Gasteiger partial charge in [0.2, 0.25) is 5.91 Å². The summed E-state index contributed by atoms with van der Waals surface area (Å²) >= 11 is 0. The first-order chi connectivity index (χ1) is 18.9. The average Bonchev–Trinajstić information content (AvgIpc) is 3.20. The largest absolute Gasteiger partial charge is 0.542 e. The van der Waals surface area contributed by atoms with Gasteiger partial charge in [0.25, 0.3) is 8.32 Å². The maximum Gasteiger partial charge on any atom is 0.318 e. The summed E-state index contributed by atoms with van der Waals surface area (Å²) < 4.78 is 9.40. The Hall–Kier alpha value is -3.06. The van der Waals surface area contributed by atoms with E-state index in [2.05, 4.69) is 103 Å². The zero-order valence-corrected chi connectivity index (χ0v) is 28.1. The third-order valence-corrected chi connectivity index (χ3v) is 14.8. The van der Waals surface area contributed by atoms with Crippen LogP contribution in [-0.2, 0) is 16.1 Å². The molecular weight excluding hydrogens is 528 g/mol. The Labute approximate surface area is 247 Å². The minimum Gasteiger partial charge on any atom is -0.542 e. The fraction of sp³-hybridized carbons (Fsp3) is 0.529. The van der Waals surface area contributed by atoms with Crippen LogP contribution < -0.4 is 9.74 Å². The van der Waals surface area contributed by atoms with Crippen LogP contribution in [-0.4, -0.2) is 29.9 Å². The number of carbonyl (C=O) groups excluding carboxylic acids is 1. The molecule has 1 aromatic heterocycles. The van der Waals surface area contributed by atoms with E-state index in [0.717, 1.165) is 27.9 Å². The third kappa shape index (κ3) is 6.10. The average molecular weight is 579 g/mol. The van der Waals surface area contributed by atoms with Crippen LogP contribution in [0.2, 0.25) is 16.6 Å².